The molecule has 0 heterocycles. The van der Waals surface area contributed by atoms with E-state index in [1.54, 1.807) is 0 Å². The second kappa shape index (κ2) is 2.20. The number of rotatable bonds is 2. The summed E-state index contributed by atoms with van der Waals surface area (Å²) in [6.07, 6.45) is 4.73. The number of hydrogen-bond donors (Lipinski definition) is 0. The summed E-state index contributed by atoms with van der Waals surface area (Å²) in [5, 5.41) is 0. The van der Waals surface area contributed by atoms with Crippen LogP contribution in [0, 0.1) is 11.8 Å². The molecule has 0 spiro atoms. The topological polar surface area (TPSA) is 43.4 Å². The first-order valence-corrected chi connectivity index (χ1v) is 5.78. The molecule has 2 fully saturated rings. The maximum Gasteiger partial charge on any atom is 0.264 e. The summed E-state index contributed by atoms with van der Waals surface area (Å²) in [6.45, 7) is 0. The molecular formula is C7H12O3S. The molecule has 0 aromatic heterocycles. The van der Waals surface area contributed by atoms with E-state index < -0.39 is 10.1 Å². The third-order valence-corrected chi connectivity index (χ3v) is 3.19. The minimum Gasteiger partial charge on any atom is -0.266 e. The van der Waals surface area contributed by atoms with E-state index in [1.807, 2.05) is 0 Å². The molecule has 3 nitrogen and oxygen atoms in total. The van der Waals surface area contributed by atoms with Gasteiger partial charge in [0.2, 0.25) is 0 Å². The van der Waals surface area contributed by atoms with Crippen LogP contribution in [0.5, 0.6) is 0 Å². The van der Waals surface area contributed by atoms with Crippen molar-refractivity contribution in [2.45, 2.75) is 25.4 Å². The molecule has 0 aromatic rings. The fourth-order valence-electron chi connectivity index (χ4n) is 2.10. The highest BCUT2D eigenvalue weighted by Crippen LogP contribution is 2.54. The van der Waals surface area contributed by atoms with E-state index in [9.17, 15) is 8.42 Å². The summed E-state index contributed by atoms with van der Waals surface area (Å²) < 4.78 is 26.3. The third kappa shape index (κ3) is 1.42. The second-order valence-electron chi connectivity index (χ2n) is 3.52. The van der Waals surface area contributed by atoms with Crippen molar-refractivity contribution in [3.8, 4) is 0 Å². The summed E-state index contributed by atoms with van der Waals surface area (Å²) in [7, 11) is -3.20. The molecule has 0 amide bonds. The van der Waals surface area contributed by atoms with Gasteiger partial charge in [0.05, 0.1) is 12.4 Å². The fourth-order valence-corrected chi connectivity index (χ4v) is 2.79. The quantitative estimate of drug-likeness (QED) is 0.583. The largest absolute Gasteiger partial charge is 0.266 e. The highest BCUT2D eigenvalue weighted by Gasteiger charge is 2.55. The SMILES string of the molecule is CS(=O)(=O)OC1C2CCCC21. The normalized spacial score (nSPS) is 42.1. The maximum absolute atomic E-state index is 10.7. The van der Waals surface area contributed by atoms with Crippen molar-refractivity contribution in [2.75, 3.05) is 6.26 Å². The van der Waals surface area contributed by atoms with Crippen LogP contribution in [0.25, 0.3) is 0 Å². The molecule has 0 aromatic carbocycles. The molecule has 2 rings (SSSR count). The fraction of sp³-hybridized carbons (Fsp3) is 1.00. The number of hydrogen-bond acceptors (Lipinski definition) is 3. The minimum absolute atomic E-state index is 0.0405. The van der Waals surface area contributed by atoms with Gasteiger partial charge in [-0.05, 0) is 24.7 Å². The van der Waals surface area contributed by atoms with Gasteiger partial charge < -0.3 is 0 Å². The van der Waals surface area contributed by atoms with Crippen LogP contribution in [0.1, 0.15) is 19.3 Å². The van der Waals surface area contributed by atoms with Gasteiger partial charge in [-0.25, -0.2) is 0 Å². The molecule has 0 aliphatic heterocycles. The maximum atomic E-state index is 10.7. The zero-order valence-electron chi connectivity index (χ0n) is 6.49. The zero-order chi connectivity index (χ0) is 8.06. The Balaban J connectivity index is 1.93. The lowest BCUT2D eigenvalue weighted by Crippen LogP contribution is -2.08. The van der Waals surface area contributed by atoms with Crippen molar-refractivity contribution < 1.29 is 12.6 Å². The van der Waals surface area contributed by atoms with Crippen LogP contribution in [0.4, 0.5) is 0 Å². The Kier molecular flexibility index (Phi) is 1.51. The van der Waals surface area contributed by atoms with Crippen molar-refractivity contribution in [3.05, 3.63) is 0 Å². The Morgan fingerprint density at radius 2 is 1.82 bits per heavy atom. The molecule has 2 aliphatic rings. The highest BCUT2D eigenvalue weighted by molar-refractivity contribution is 7.86. The first kappa shape index (κ1) is 7.55. The Bertz CT molecular complexity index is 247. The van der Waals surface area contributed by atoms with Crippen LogP contribution >= 0.6 is 0 Å². The molecule has 0 N–H and O–H groups in total. The lowest BCUT2D eigenvalue weighted by molar-refractivity contribution is 0.266. The smallest absolute Gasteiger partial charge is 0.264 e. The van der Waals surface area contributed by atoms with E-state index in [0.717, 1.165) is 19.1 Å². The van der Waals surface area contributed by atoms with Crippen LogP contribution in [-0.4, -0.2) is 20.8 Å². The summed E-state index contributed by atoms with van der Waals surface area (Å²) in [5.41, 5.74) is 0. The summed E-state index contributed by atoms with van der Waals surface area (Å²) >= 11 is 0. The molecule has 4 heteroatoms. The predicted octanol–water partition coefficient (Wildman–Crippen LogP) is 0.761. The first-order valence-electron chi connectivity index (χ1n) is 3.96. The molecule has 64 valence electrons. The molecule has 2 aliphatic carbocycles. The van der Waals surface area contributed by atoms with Crippen molar-refractivity contribution in [1.82, 2.24) is 0 Å². The van der Waals surface area contributed by atoms with E-state index in [-0.39, 0.29) is 6.10 Å². The van der Waals surface area contributed by atoms with Crippen LogP contribution in [0.15, 0.2) is 0 Å². The van der Waals surface area contributed by atoms with Gasteiger partial charge in [-0.2, -0.15) is 8.42 Å². The minimum atomic E-state index is -3.20. The molecule has 0 radical (unpaired) electrons. The van der Waals surface area contributed by atoms with Crippen LogP contribution in [-0.2, 0) is 14.3 Å². The average Bonchev–Trinajstić information content (AvgIpc) is 2.39. The predicted molar refractivity (Wildman–Crippen MR) is 40.5 cm³/mol. The van der Waals surface area contributed by atoms with Crippen molar-refractivity contribution in [2.24, 2.45) is 11.8 Å². The van der Waals surface area contributed by atoms with E-state index >= 15 is 0 Å². The van der Waals surface area contributed by atoms with Crippen molar-refractivity contribution in [1.29, 1.82) is 0 Å². The average molecular weight is 176 g/mol. The second-order valence-corrected chi connectivity index (χ2v) is 5.12. The summed E-state index contributed by atoms with van der Waals surface area (Å²) in [5.74, 6) is 1.12. The van der Waals surface area contributed by atoms with Gasteiger partial charge in [-0.15, -0.1) is 0 Å². The lowest BCUT2D eigenvalue weighted by Gasteiger charge is -2.01. The van der Waals surface area contributed by atoms with E-state index in [1.165, 1.54) is 6.42 Å². The molecule has 0 saturated heterocycles. The van der Waals surface area contributed by atoms with Crippen molar-refractivity contribution in [3.63, 3.8) is 0 Å². The molecule has 2 saturated carbocycles. The molecule has 2 unspecified atom stereocenters. The van der Waals surface area contributed by atoms with Crippen LogP contribution < -0.4 is 0 Å². The molecule has 2 atom stereocenters. The Morgan fingerprint density at radius 3 is 2.27 bits per heavy atom. The third-order valence-electron chi connectivity index (χ3n) is 2.61. The molecular weight excluding hydrogens is 164 g/mol. The van der Waals surface area contributed by atoms with Gasteiger partial charge in [0, 0.05) is 0 Å². The van der Waals surface area contributed by atoms with Gasteiger partial charge >= 0.3 is 0 Å². The molecule has 11 heavy (non-hydrogen) atoms. The first-order chi connectivity index (χ1) is 5.08. The summed E-state index contributed by atoms with van der Waals surface area (Å²) in [4.78, 5) is 0. The Hall–Kier alpha value is -0.0900. The van der Waals surface area contributed by atoms with Gasteiger partial charge in [0.25, 0.3) is 10.1 Å². The zero-order valence-corrected chi connectivity index (χ0v) is 7.30. The van der Waals surface area contributed by atoms with Gasteiger partial charge in [0.15, 0.2) is 0 Å². The van der Waals surface area contributed by atoms with Crippen LogP contribution in [0.2, 0.25) is 0 Å². The van der Waals surface area contributed by atoms with Crippen LogP contribution in [0.3, 0.4) is 0 Å². The monoisotopic (exact) mass is 176 g/mol. The standard InChI is InChI=1S/C7H12O3S/c1-11(8,9)10-7-5-3-2-4-6(5)7/h5-7H,2-4H2,1H3. The van der Waals surface area contributed by atoms with Crippen molar-refractivity contribution >= 4 is 10.1 Å². The Labute approximate surface area is 66.9 Å². The highest BCUT2D eigenvalue weighted by atomic mass is 32.2. The molecule has 0 bridgehead atoms. The number of fused-ring (bicyclic) bond motifs is 1. The van der Waals surface area contributed by atoms with Gasteiger partial charge in [-0.1, -0.05) is 6.42 Å². The van der Waals surface area contributed by atoms with E-state index in [2.05, 4.69) is 0 Å². The summed E-state index contributed by atoms with van der Waals surface area (Å²) in [6, 6.07) is 0. The Morgan fingerprint density at radius 1 is 1.27 bits per heavy atom. The van der Waals surface area contributed by atoms with E-state index in [0.29, 0.717) is 11.8 Å². The van der Waals surface area contributed by atoms with Gasteiger partial charge in [-0.3, -0.25) is 4.18 Å². The van der Waals surface area contributed by atoms with Gasteiger partial charge in [0.1, 0.15) is 0 Å². The lowest BCUT2D eigenvalue weighted by atomic mass is 10.2. The van der Waals surface area contributed by atoms with E-state index in [4.69, 9.17) is 4.18 Å².